The van der Waals surface area contributed by atoms with Gasteiger partial charge in [-0.25, -0.2) is 8.60 Å². The van der Waals surface area contributed by atoms with Crippen LogP contribution in [0.15, 0.2) is 0 Å². The molecule has 0 aromatic carbocycles. The van der Waals surface area contributed by atoms with E-state index in [9.17, 15) is 8.60 Å². The summed E-state index contributed by atoms with van der Waals surface area (Å²) in [6, 6.07) is 0. The smallest absolute Gasteiger partial charge is 0.144 e. The standard InChI is InChI=1S/C5H10ClFO2S/c1-5(7,3-9-2)4-10(6)8/h3-4H2,1-2H3. The van der Waals surface area contributed by atoms with Crippen LogP contribution < -0.4 is 0 Å². The van der Waals surface area contributed by atoms with Gasteiger partial charge in [0.15, 0.2) is 0 Å². The van der Waals surface area contributed by atoms with Crippen LogP contribution >= 0.6 is 10.7 Å². The van der Waals surface area contributed by atoms with Crippen molar-refractivity contribution >= 4 is 20.7 Å². The number of hydrogen-bond donors (Lipinski definition) is 0. The SMILES string of the molecule is COCC(C)(F)CS(=O)Cl. The Morgan fingerprint density at radius 2 is 2.30 bits per heavy atom. The number of ether oxygens (including phenoxy) is 1. The number of hydrogen-bond acceptors (Lipinski definition) is 2. The molecule has 62 valence electrons. The largest absolute Gasteiger partial charge is 0.381 e. The first kappa shape index (κ1) is 10.3. The highest BCUT2D eigenvalue weighted by Crippen LogP contribution is 2.13. The van der Waals surface area contributed by atoms with E-state index in [1.807, 2.05) is 0 Å². The van der Waals surface area contributed by atoms with Crippen molar-refractivity contribution in [3.8, 4) is 0 Å². The van der Waals surface area contributed by atoms with Crippen LogP contribution in [0.2, 0.25) is 0 Å². The van der Waals surface area contributed by atoms with E-state index in [0.717, 1.165) is 0 Å². The highest BCUT2D eigenvalue weighted by Gasteiger charge is 2.25. The van der Waals surface area contributed by atoms with Crippen molar-refractivity contribution in [1.29, 1.82) is 0 Å². The zero-order valence-electron chi connectivity index (χ0n) is 5.89. The minimum Gasteiger partial charge on any atom is -0.381 e. The monoisotopic (exact) mass is 188 g/mol. The molecule has 5 heteroatoms. The highest BCUT2D eigenvalue weighted by molar-refractivity contribution is 8.08. The molecule has 2 nitrogen and oxygen atoms in total. The van der Waals surface area contributed by atoms with Gasteiger partial charge >= 0.3 is 0 Å². The molecule has 0 saturated heterocycles. The summed E-state index contributed by atoms with van der Waals surface area (Å²) in [5.74, 6) is -0.192. The van der Waals surface area contributed by atoms with Crippen molar-refractivity contribution in [3.63, 3.8) is 0 Å². The minimum atomic E-state index is -1.62. The van der Waals surface area contributed by atoms with Gasteiger partial charge in [-0.2, -0.15) is 0 Å². The fourth-order valence-electron chi connectivity index (χ4n) is 0.579. The van der Waals surface area contributed by atoms with Gasteiger partial charge in [0.1, 0.15) is 15.7 Å². The Morgan fingerprint density at radius 3 is 2.60 bits per heavy atom. The van der Waals surface area contributed by atoms with Gasteiger partial charge in [0.05, 0.1) is 12.4 Å². The van der Waals surface area contributed by atoms with Gasteiger partial charge < -0.3 is 4.74 Å². The van der Waals surface area contributed by atoms with Crippen LogP contribution in [0, 0.1) is 0 Å². The van der Waals surface area contributed by atoms with Gasteiger partial charge in [-0.3, -0.25) is 0 Å². The molecule has 0 amide bonds. The highest BCUT2D eigenvalue weighted by atomic mass is 35.7. The summed E-state index contributed by atoms with van der Waals surface area (Å²) in [5, 5.41) is 0. The summed E-state index contributed by atoms with van der Waals surface area (Å²) in [5.41, 5.74) is -1.58. The topological polar surface area (TPSA) is 26.3 Å². The molecule has 0 aliphatic heterocycles. The van der Waals surface area contributed by atoms with E-state index in [1.54, 1.807) is 0 Å². The maximum Gasteiger partial charge on any atom is 0.144 e. The predicted molar refractivity (Wildman–Crippen MR) is 40.3 cm³/mol. The summed E-state index contributed by atoms with van der Waals surface area (Å²) in [7, 11) is 4.84. The van der Waals surface area contributed by atoms with E-state index in [1.165, 1.54) is 14.0 Å². The Morgan fingerprint density at radius 1 is 1.80 bits per heavy atom. The number of rotatable bonds is 4. The molecule has 2 atom stereocenters. The van der Waals surface area contributed by atoms with Gasteiger partial charge in [0.25, 0.3) is 0 Å². The maximum atomic E-state index is 12.9. The van der Waals surface area contributed by atoms with Crippen LogP contribution in [-0.4, -0.2) is 29.3 Å². The van der Waals surface area contributed by atoms with Crippen LogP contribution in [-0.2, 0) is 14.7 Å². The van der Waals surface area contributed by atoms with Crippen LogP contribution in [0.25, 0.3) is 0 Å². The molecule has 0 aliphatic carbocycles. The molecule has 0 spiro atoms. The van der Waals surface area contributed by atoms with Crippen molar-refractivity contribution in [1.82, 2.24) is 0 Å². The summed E-state index contributed by atoms with van der Waals surface area (Å²) >= 11 is 0. The molecule has 0 bridgehead atoms. The van der Waals surface area contributed by atoms with Gasteiger partial charge in [-0.15, -0.1) is 0 Å². The Balaban J connectivity index is 3.74. The molecule has 0 aromatic heterocycles. The van der Waals surface area contributed by atoms with Crippen LogP contribution in [0.3, 0.4) is 0 Å². The van der Waals surface area contributed by atoms with Gasteiger partial charge in [0.2, 0.25) is 0 Å². The average molecular weight is 189 g/mol. The molecule has 0 heterocycles. The Kier molecular flexibility index (Phi) is 4.40. The Bertz CT molecular complexity index is 129. The fraction of sp³-hybridized carbons (Fsp3) is 1.00. The van der Waals surface area contributed by atoms with E-state index in [-0.39, 0.29) is 12.4 Å². The van der Waals surface area contributed by atoms with Crippen molar-refractivity contribution in [3.05, 3.63) is 0 Å². The van der Waals surface area contributed by atoms with E-state index in [4.69, 9.17) is 10.7 Å². The molecular weight excluding hydrogens is 179 g/mol. The zero-order valence-corrected chi connectivity index (χ0v) is 7.47. The van der Waals surface area contributed by atoms with E-state index in [2.05, 4.69) is 4.74 Å². The van der Waals surface area contributed by atoms with Crippen LogP contribution in [0.5, 0.6) is 0 Å². The molecule has 0 radical (unpaired) electrons. The lowest BCUT2D eigenvalue weighted by atomic mass is 10.2. The summed E-state index contributed by atoms with van der Waals surface area (Å²) < 4.78 is 27.8. The molecule has 0 aliphatic rings. The maximum absolute atomic E-state index is 12.9. The van der Waals surface area contributed by atoms with E-state index < -0.39 is 15.7 Å². The van der Waals surface area contributed by atoms with E-state index >= 15 is 0 Å². The average Bonchev–Trinajstić information content (AvgIpc) is 1.59. The van der Waals surface area contributed by atoms with E-state index in [0.29, 0.717) is 0 Å². The molecule has 10 heavy (non-hydrogen) atoms. The lowest BCUT2D eigenvalue weighted by Gasteiger charge is -2.15. The first-order chi connectivity index (χ1) is 4.48. The molecule has 0 rings (SSSR count). The Labute approximate surface area is 66.7 Å². The van der Waals surface area contributed by atoms with Gasteiger partial charge in [-0.1, -0.05) is 0 Å². The van der Waals surface area contributed by atoms with Crippen molar-refractivity contribution in [2.45, 2.75) is 12.6 Å². The molecular formula is C5H10ClFO2S. The fourth-order valence-corrected chi connectivity index (χ4v) is 1.82. The van der Waals surface area contributed by atoms with Crippen molar-refractivity contribution < 1.29 is 13.3 Å². The molecule has 2 unspecified atom stereocenters. The van der Waals surface area contributed by atoms with Crippen LogP contribution in [0.4, 0.5) is 4.39 Å². The van der Waals surface area contributed by atoms with Crippen molar-refractivity contribution in [2.24, 2.45) is 0 Å². The lowest BCUT2D eigenvalue weighted by Crippen LogP contribution is -2.30. The zero-order chi connectivity index (χ0) is 8.20. The quantitative estimate of drug-likeness (QED) is 0.621. The second-order valence-electron chi connectivity index (χ2n) is 2.28. The summed E-state index contributed by atoms with van der Waals surface area (Å²) in [4.78, 5) is 0. The molecule has 0 fully saturated rings. The first-order valence-electron chi connectivity index (χ1n) is 2.70. The Hall–Kier alpha value is 0.330. The molecule has 0 N–H and O–H groups in total. The number of alkyl halides is 1. The summed E-state index contributed by atoms with van der Waals surface area (Å²) in [6.45, 7) is 1.22. The normalized spacial score (nSPS) is 20.0. The predicted octanol–water partition coefficient (Wildman–Crippen LogP) is 1.26. The number of methoxy groups -OCH3 is 1. The summed E-state index contributed by atoms with van der Waals surface area (Å²) in [6.07, 6.45) is 0. The third-order valence-corrected chi connectivity index (χ3v) is 2.02. The number of halogens is 2. The minimum absolute atomic E-state index is 0.0779. The second-order valence-corrected chi connectivity index (χ2v) is 4.18. The third kappa shape index (κ3) is 5.14. The molecule has 0 aromatic rings. The third-order valence-electron chi connectivity index (χ3n) is 0.860. The van der Waals surface area contributed by atoms with Crippen molar-refractivity contribution in [2.75, 3.05) is 19.5 Å². The molecule has 0 saturated carbocycles. The first-order valence-corrected chi connectivity index (χ1v) is 4.85. The van der Waals surface area contributed by atoms with Gasteiger partial charge in [-0.05, 0) is 17.6 Å². The lowest BCUT2D eigenvalue weighted by molar-refractivity contribution is 0.0714. The van der Waals surface area contributed by atoms with Gasteiger partial charge in [0, 0.05) is 7.11 Å². The van der Waals surface area contributed by atoms with Crippen LogP contribution in [0.1, 0.15) is 6.92 Å². The second kappa shape index (κ2) is 4.26.